The summed E-state index contributed by atoms with van der Waals surface area (Å²) >= 11 is 0. The van der Waals surface area contributed by atoms with Crippen LogP contribution in [0.1, 0.15) is 25.0 Å². The minimum Gasteiger partial charge on any atom is -0.493 e. The second kappa shape index (κ2) is 7.46. The van der Waals surface area contributed by atoms with Crippen LogP contribution in [0.25, 0.3) is 5.57 Å². The summed E-state index contributed by atoms with van der Waals surface area (Å²) < 4.78 is 10.9. The molecular formula is C19H20O3. The fourth-order valence-electron chi connectivity index (χ4n) is 2.27. The Hall–Kier alpha value is -2.55. The second-order valence-corrected chi connectivity index (χ2v) is 4.83. The van der Waals surface area contributed by atoms with Gasteiger partial charge in [0, 0.05) is 0 Å². The summed E-state index contributed by atoms with van der Waals surface area (Å²) in [6.45, 7) is 4.03. The molecule has 0 radical (unpaired) electrons. The predicted molar refractivity (Wildman–Crippen MR) is 88.4 cm³/mol. The highest BCUT2D eigenvalue weighted by Gasteiger charge is 2.11. The molecule has 0 fully saturated rings. The van der Waals surface area contributed by atoms with Crippen molar-refractivity contribution < 1.29 is 14.3 Å². The molecule has 2 aromatic rings. The second-order valence-electron chi connectivity index (χ2n) is 4.83. The minimum absolute atomic E-state index is 0.00707. The van der Waals surface area contributed by atoms with Gasteiger partial charge in [0.15, 0.2) is 17.3 Å². The number of hydrogen-bond acceptors (Lipinski definition) is 3. The van der Waals surface area contributed by atoms with Crippen LogP contribution in [-0.2, 0) is 4.79 Å². The van der Waals surface area contributed by atoms with E-state index in [-0.39, 0.29) is 5.78 Å². The van der Waals surface area contributed by atoms with Crippen molar-refractivity contribution in [2.45, 2.75) is 13.8 Å². The first kappa shape index (κ1) is 15.8. The van der Waals surface area contributed by atoms with Gasteiger partial charge in [-0.25, -0.2) is 0 Å². The third kappa shape index (κ3) is 3.76. The Morgan fingerprint density at radius 3 is 2.36 bits per heavy atom. The summed E-state index contributed by atoms with van der Waals surface area (Å²) in [6.07, 6.45) is 1.65. The average Bonchev–Trinajstić information content (AvgIpc) is 2.53. The Kier molecular flexibility index (Phi) is 5.37. The van der Waals surface area contributed by atoms with Crippen LogP contribution in [0.5, 0.6) is 11.5 Å². The highest BCUT2D eigenvalue weighted by Crippen LogP contribution is 2.33. The third-order valence-corrected chi connectivity index (χ3v) is 3.21. The van der Waals surface area contributed by atoms with Gasteiger partial charge in [0.1, 0.15) is 0 Å². The van der Waals surface area contributed by atoms with E-state index in [2.05, 4.69) is 0 Å². The molecule has 22 heavy (non-hydrogen) atoms. The van der Waals surface area contributed by atoms with Gasteiger partial charge in [0.2, 0.25) is 0 Å². The number of methoxy groups -OCH3 is 1. The van der Waals surface area contributed by atoms with Gasteiger partial charge in [0.25, 0.3) is 0 Å². The highest BCUT2D eigenvalue weighted by atomic mass is 16.5. The van der Waals surface area contributed by atoms with E-state index in [1.54, 1.807) is 20.1 Å². The molecule has 0 aliphatic heterocycles. The topological polar surface area (TPSA) is 35.5 Å². The van der Waals surface area contributed by atoms with E-state index in [1.807, 2.05) is 55.5 Å². The number of carbonyl (C=O) groups excluding carboxylic acids is 1. The van der Waals surface area contributed by atoms with Gasteiger partial charge in [-0.15, -0.1) is 0 Å². The van der Waals surface area contributed by atoms with E-state index in [4.69, 9.17) is 9.47 Å². The summed E-state index contributed by atoms with van der Waals surface area (Å²) in [5.74, 6) is 1.36. The maximum Gasteiger partial charge on any atom is 0.161 e. The summed E-state index contributed by atoms with van der Waals surface area (Å²) in [7, 11) is 1.61. The van der Waals surface area contributed by atoms with Crippen LogP contribution in [0.15, 0.2) is 54.6 Å². The fraction of sp³-hybridized carbons (Fsp3) is 0.211. The van der Waals surface area contributed by atoms with Crippen LogP contribution in [0.2, 0.25) is 0 Å². The predicted octanol–water partition coefficient (Wildman–Crippen LogP) is 4.11. The van der Waals surface area contributed by atoms with Crippen LogP contribution in [-0.4, -0.2) is 19.5 Å². The molecule has 2 aromatic carbocycles. The molecule has 2 rings (SSSR count). The lowest BCUT2D eigenvalue weighted by atomic mass is 9.96. The lowest BCUT2D eigenvalue weighted by Crippen LogP contribution is -1.98. The Morgan fingerprint density at radius 1 is 1.05 bits per heavy atom. The first-order valence-corrected chi connectivity index (χ1v) is 7.24. The Labute approximate surface area is 131 Å². The van der Waals surface area contributed by atoms with Crippen molar-refractivity contribution in [2.24, 2.45) is 0 Å². The molecule has 0 saturated carbocycles. The van der Waals surface area contributed by atoms with Crippen LogP contribution in [0, 0.1) is 0 Å². The largest absolute Gasteiger partial charge is 0.493 e. The molecule has 0 amide bonds. The molecule has 3 heteroatoms. The molecule has 0 bridgehead atoms. The van der Waals surface area contributed by atoms with E-state index in [1.165, 1.54) is 0 Å². The van der Waals surface area contributed by atoms with E-state index in [9.17, 15) is 4.79 Å². The van der Waals surface area contributed by atoms with Gasteiger partial charge in [-0.2, -0.15) is 0 Å². The zero-order chi connectivity index (χ0) is 15.9. The van der Waals surface area contributed by atoms with Crippen LogP contribution >= 0.6 is 0 Å². The van der Waals surface area contributed by atoms with Crippen molar-refractivity contribution >= 4 is 11.4 Å². The molecular weight excluding hydrogens is 276 g/mol. The Bertz CT molecular complexity index is 672. The van der Waals surface area contributed by atoms with Crippen LogP contribution in [0.4, 0.5) is 0 Å². The van der Waals surface area contributed by atoms with Crippen LogP contribution < -0.4 is 9.47 Å². The van der Waals surface area contributed by atoms with Crippen molar-refractivity contribution in [2.75, 3.05) is 13.7 Å². The lowest BCUT2D eigenvalue weighted by Gasteiger charge is -2.13. The normalized spacial score (nSPS) is 11.1. The summed E-state index contributed by atoms with van der Waals surface area (Å²) in [5, 5.41) is 0. The summed E-state index contributed by atoms with van der Waals surface area (Å²) in [4.78, 5) is 11.6. The maximum atomic E-state index is 11.6. The Morgan fingerprint density at radius 2 is 1.77 bits per heavy atom. The van der Waals surface area contributed by atoms with Crippen LogP contribution in [0.3, 0.4) is 0 Å². The van der Waals surface area contributed by atoms with Gasteiger partial charge in [-0.3, -0.25) is 4.79 Å². The molecule has 0 spiro atoms. The molecule has 0 atom stereocenters. The SMILES string of the molecule is CCOc1cc(/C(=C\C(C)=O)c2ccccc2)ccc1OC. The van der Waals surface area contributed by atoms with Crippen molar-refractivity contribution in [3.05, 3.63) is 65.7 Å². The molecule has 0 unspecified atom stereocenters. The number of hydrogen-bond donors (Lipinski definition) is 0. The molecule has 0 aliphatic rings. The monoisotopic (exact) mass is 296 g/mol. The number of benzene rings is 2. The van der Waals surface area contributed by atoms with Gasteiger partial charge >= 0.3 is 0 Å². The molecule has 0 N–H and O–H groups in total. The number of ether oxygens (including phenoxy) is 2. The standard InChI is InChI=1S/C19H20O3/c1-4-22-19-13-16(10-11-18(19)21-3)17(12-14(2)20)15-8-6-5-7-9-15/h5-13H,4H2,1-3H3/b17-12-. The number of rotatable bonds is 6. The van der Waals surface area contributed by atoms with E-state index < -0.39 is 0 Å². The fourth-order valence-corrected chi connectivity index (χ4v) is 2.27. The molecule has 0 aliphatic carbocycles. The van der Waals surface area contributed by atoms with Crippen molar-refractivity contribution in [3.8, 4) is 11.5 Å². The van der Waals surface area contributed by atoms with Crippen molar-refractivity contribution in [1.29, 1.82) is 0 Å². The quantitative estimate of drug-likeness (QED) is 0.752. The molecule has 0 aromatic heterocycles. The summed E-state index contributed by atoms with van der Waals surface area (Å²) in [6, 6.07) is 15.5. The van der Waals surface area contributed by atoms with E-state index in [0.717, 1.165) is 16.7 Å². The summed E-state index contributed by atoms with van der Waals surface area (Å²) in [5.41, 5.74) is 2.78. The highest BCUT2D eigenvalue weighted by molar-refractivity contribution is 5.99. The first-order chi connectivity index (χ1) is 10.7. The molecule has 3 nitrogen and oxygen atoms in total. The maximum absolute atomic E-state index is 11.6. The van der Waals surface area contributed by atoms with Gasteiger partial charge in [-0.1, -0.05) is 36.4 Å². The first-order valence-electron chi connectivity index (χ1n) is 7.24. The molecule has 0 saturated heterocycles. The number of carbonyl (C=O) groups is 1. The molecule has 0 heterocycles. The number of allylic oxidation sites excluding steroid dienone is 1. The third-order valence-electron chi connectivity index (χ3n) is 3.21. The van der Waals surface area contributed by atoms with Gasteiger partial charge < -0.3 is 9.47 Å². The molecule has 114 valence electrons. The van der Waals surface area contributed by atoms with E-state index >= 15 is 0 Å². The Balaban J connectivity index is 2.53. The van der Waals surface area contributed by atoms with E-state index in [0.29, 0.717) is 18.1 Å². The smallest absolute Gasteiger partial charge is 0.161 e. The average molecular weight is 296 g/mol. The zero-order valence-corrected chi connectivity index (χ0v) is 13.1. The zero-order valence-electron chi connectivity index (χ0n) is 13.1. The lowest BCUT2D eigenvalue weighted by molar-refractivity contribution is -0.112. The van der Waals surface area contributed by atoms with Crippen molar-refractivity contribution in [3.63, 3.8) is 0 Å². The number of ketones is 1. The van der Waals surface area contributed by atoms with Gasteiger partial charge in [-0.05, 0) is 48.8 Å². The van der Waals surface area contributed by atoms with Gasteiger partial charge in [0.05, 0.1) is 13.7 Å². The van der Waals surface area contributed by atoms with Crippen molar-refractivity contribution in [1.82, 2.24) is 0 Å². The minimum atomic E-state index is 0.00707.